The highest BCUT2D eigenvalue weighted by molar-refractivity contribution is 5.76. The summed E-state index contributed by atoms with van der Waals surface area (Å²) in [6.45, 7) is 13.6. The van der Waals surface area contributed by atoms with Crippen LogP contribution in [0.3, 0.4) is 0 Å². The molecule has 0 aromatic heterocycles. The zero-order valence-corrected chi connectivity index (χ0v) is 43.5. The molecule has 4 N–H and O–H groups in total. The Morgan fingerprint density at radius 1 is 0.266 bits per heavy atom. The molecule has 0 rings (SSSR count). The third-order valence-corrected chi connectivity index (χ3v) is 13.2. The van der Waals surface area contributed by atoms with Gasteiger partial charge in [-0.05, 0) is 64.6 Å². The first kappa shape index (κ1) is 62.3. The van der Waals surface area contributed by atoms with E-state index < -0.39 is 0 Å². The molecule has 0 spiro atoms. The first-order chi connectivity index (χ1) is 31.5. The van der Waals surface area contributed by atoms with Crippen LogP contribution < -0.4 is 21.3 Å². The maximum absolute atomic E-state index is 12.8. The van der Waals surface area contributed by atoms with E-state index in [1.54, 1.807) is 0 Å². The number of nitrogens with zero attached hydrogens (tertiary/aromatic N) is 1. The molecule has 0 radical (unpaired) electrons. The van der Waals surface area contributed by atoms with Crippen molar-refractivity contribution in [1.29, 1.82) is 0 Å². The third kappa shape index (κ3) is 51.3. The van der Waals surface area contributed by atoms with Crippen LogP contribution in [0.4, 0.5) is 0 Å². The van der Waals surface area contributed by atoms with Crippen LogP contribution in [0.25, 0.3) is 0 Å². The lowest BCUT2D eigenvalue weighted by Gasteiger charge is -2.22. The second kappa shape index (κ2) is 53.9. The monoisotopic (exact) mass is 904 g/mol. The van der Waals surface area contributed by atoms with Gasteiger partial charge in [-0.15, -0.1) is 0 Å². The van der Waals surface area contributed by atoms with Crippen LogP contribution in [0.1, 0.15) is 290 Å². The van der Waals surface area contributed by atoms with Gasteiger partial charge in [0.05, 0.1) is 0 Å². The molecule has 0 unspecified atom stereocenters. The highest BCUT2D eigenvalue weighted by Gasteiger charge is 2.11. The van der Waals surface area contributed by atoms with E-state index in [-0.39, 0.29) is 17.7 Å². The van der Waals surface area contributed by atoms with Gasteiger partial charge in [-0.2, -0.15) is 0 Å². The summed E-state index contributed by atoms with van der Waals surface area (Å²) in [5.41, 5.74) is 0. The Labute approximate surface area is 399 Å². The molecule has 0 aliphatic heterocycles. The molecule has 64 heavy (non-hydrogen) atoms. The quantitative estimate of drug-likeness (QED) is 0.0455. The fourth-order valence-corrected chi connectivity index (χ4v) is 8.77. The molecule has 0 bridgehead atoms. The van der Waals surface area contributed by atoms with E-state index in [0.717, 1.165) is 97.1 Å². The van der Waals surface area contributed by atoms with Gasteiger partial charge in [0.1, 0.15) is 0 Å². The number of amides is 3. The van der Waals surface area contributed by atoms with E-state index in [9.17, 15) is 14.4 Å². The Morgan fingerprint density at radius 2 is 0.516 bits per heavy atom. The molecule has 0 aromatic carbocycles. The van der Waals surface area contributed by atoms with Gasteiger partial charge in [0.25, 0.3) is 0 Å². The topological polar surface area (TPSA) is 103 Å². The van der Waals surface area contributed by atoms with Crippen LogP contribution in [0.15, 0.2) is 0 Å². The fraction of sp³-hybridized carbons (Fsp3) is 0.946. The summed E-state index contributed by atoms with van der Waals surface area (Å²) in [5.74, 6) is 0.499. The van der Waals surface area contributed by atoms with E-state index in [1.165, 1.54) is 193 Å². The van der Waals surface area contributed by atoms with Gasteiger partial charge in [-0.3, -0.25) is 14.4 Å². The smallest absolute Gasteiger partial charge is 0.221 e. The second-order valence-electron chi connectivity index (χ2n) is 19.6. The van der Waals surface area contributed by atoms with Crippen molar-refractivity contribution in [2.45, 2.75) is 290 Å². The maximum atomic E-state index is 12.8. The summed E-state index contributed by atoms with van der Waals surface area (Å²) in [6, 6.07) is 0. The summed E-state index contributed by atoms with van der Waals surface area (Å²) in [6.07, 6.45) is 51.8. The van der Waals surface area contributed by atoms with Crippen molar-refractivity contribution in [3.63, 3.8) is 0 Å². The molecule has 0 aliphatic carbocycles. The van der Waals surface area contributed by atoms with Gasteiger partial charge in [0, 0.05) is 52.0 Å². The normalized spacial score (nSPS) is 11.4. The van der Waals surface area contributed by atoms with Crippen LogP contribution in [-0.2, 0) is 14.4 Å². The molecule has 0 aliphatic rings. The lowest BCUT2D eigenvalue weighted by molar-refractivity contribution is -0.122. The van der Waals surface area contributed by atoms with Gasteiger partial charge < -0.3 is 26.2 Å². The van der Waals surface area contributed by atoms with Gasteiger partial charge in [0.15, 0.2) is 0 Å². The van der Waals surface area contributed by atoms with E-state index >= 15 is 0 Å². The Morgan fingerprint density at radius 3 is 0.844 bits per heavy atom. The molecule has 380 valence electrons. The Balaban J connectivity index is 4.16. The molecule has 3 amide bonds. The van der Waals surface area contributed by atoms with Crippen molar-refractivity contribution >= 4 is 17.7 Å². The molecule has 0 aromatic rings. The summed E-state index contributed by atoms with van der Waals surface area (Å²) >= 11 is 0. The van der Waals surface area contributed by atoms with E-state index in [1.807, 2.05) is 0 Å². The minimum atomic E-state index is 0.141. The van der Waals surface area contributed by atoms with Gasteiger partial charge in [0.2, 0.25) is 17.7 Å². The number of unbranched alkanes of at least 4 members (excludes halogenated alkanes) is 34. The van der Waals surface area contributed by atoms with Gasteiger partial charge in [-0.25, -0.2) is 0 Å². The molecule has 0 atom stereocenters. The molecule has 0 saturated carbocycles. The number of hydrogen-bond donors (Lipinski definition) is 4. The minimum absolute atomic E-state index is 0.141. The summed E-state index contributed by atoms with van der Waals surface area (Å²) in [7, 11) is 0. The number of nitrogens with one attached hydrogen (secondary N) is 4. The van der Waals surface area contributed by atoms with Crippen molar-refractivity contribution in [3.05, 3.63) is 0 Å². The number of rotatable bonds is 54. The van der Waals surface area contributed by atoms with Crippen LogP contribution in [0.5, 0.6) is 0 Å². The van der Waals surface area contributed by atoms with E-state index in [4.69, 9.17) is 0 Å². The van der Waals surface area contributed by atoms with Crippen LogP contribution in [-0.4, -0.2) is 75.0 Å². The molecule has 8 heteroatoms. The summed E-state index contributed by atoms with van der Waals surface area (Å²) in [4.78, 5) is 40.1. The highest BCUT2D eigenvalue weighted by atomic mass is 16.2. The van der Waals surface area contributed by atoms with E-state index in [0.29, 0.717) is 32.4 Å². The van der Waals surface area contributed by atoms with Crippen molar-refractivity contribution in [3.8, 4) is 0 Å². The molecule has 0 fully saturated rings. The molecule has 8 nitrogen and oxygen atoms in total. The SMILES string of the molecule is CCCCCCCCCCCCCNC(=O)CCCCCNCCCCCN(CCC(=O)NCCCCCCCCCCCCC)CCC(=O)NCCCCCCCCCCCCC. The number of hydrogen-bond acceptors (Lipinski definition) is 5. The lowest BCUT2D eigenvalue weighted by Crippen LogP contribution is -2.35. The van der Waals surface area contributed by atoms with Gasteiger partial charge in [-0.1, -0.05) is 226 Å². The predicted molar refractivity (Wildman–Crippen MR) is 279 cm³/mol. The van der Waals surface area contributed by atoms with Crippen molar-refractivity contribution in [2.75, 3.05) is 52.4 Å². The van der Waals surface area contributed by atoms with E-state index in [2.05, 4.69) is 46.9 Å². The van der Waals surface area contributed by atoms with Gasteiger partial charge >= 0.3 is 0 Å². The minimum Gasteiger partial charge on any atom is -0.356 e. The maximum Gasteiger partial charge on any atom is 0.221 e. The Kier molecular flexibility index (Phi) is 52.5. The third-order valence-electron chi connectivity index (χ3n) is 13.2. The lowest BCUT2D eigenvalue weighted by atomic mass is 10.1. The van der Waals surface area contributed by atoms with Crippen LogP contribution in [0.2, 0.25) is 0 Å². The molecular formula is C56H113N5O3. The Hall–Kier alpha value is -1.67. The average molecular weight is 905 g/mol. The number of carbonyl (C=O) groups is 3. The van der Waals surface area contributed by atoms with Crippen LogP contribution >= 0.6 is 0 Å². The fourth-order valence-electron chi connectivity index (χ4n) is 8.77. The van der Waals surface area contributed by atoms with Crippen LogP contribution in [0, 0.1) is 0 Å². The second-order valence-corrected chi connectivity index (χ2v) is 19.6. The highest BCUT2D eigenvalue weighted by Crippen LogP contribution is 2.14. The van der Waals surface area contributed by atoms with Crippen molar-refractivity contribution in [1.82, 2.24) is 26.2 Å². The molecule has 0 saturated heterocycles. The summed E-state index contributed by atoms with van der Waals surface area (Å²) < 4.78 is 0. The predicted octanol–water partition coefficient (Wildman–Crippen LogP) is 14.7. The zero-order valence-electron chi connectivity index (χ0n) is 43.5. The van der Waals surface area contributed by atoms with Crippen molar-refractivity contribution < 1.29 is 14.4 Å². The first-order valence-corrected chi connectivity index (χ1v) is 28.8. The molecule has 0 heterocycles. The number of carbonyl (C=O) groups excluding carboxylic acids is 3. The average Bonchev–Trinajstić information content (AvgIpc) is 3.29. The summed E-state index contributed by atoms with van der Waals surface area (Å²) in [5, 5.41) is 13.1. The molecular weight excluding hydrogens is 791 g/mol. The van der Waals surface area contributed by atoms with Crippen molar-refractivity contribution in [2.24, 2.45) is 0 Å². The zero-order chi connectivity index (χ0) is 46.5. The first-order valence-electron chi connectivity index (χ1n) is 28.8. The Bertz CT molecular complexity index is 921. The standard InChI is InChI=1S/C56H113N5O3/c1-4-7-10-13-16-19-22-25-28-31-39-48-58-54(62)43-36-34-37-46-57-47-38-35-42-51-61(52-44-55(63)59-49-40-32-29-26-23-20-17-14-11-8-5-2)53-45-56(64)60-50-41-33-30-27-24-21-18-15-12-9-6-3/h57H,4-53H2,1-3H3,(H,58,62)(H,59,63)(H,60,64). The largest absolute Gasteiger partial charge is 0.356 e.